The molecule has 76 valence electrons. The maximum absolute atomic E-state index is 5.32. The highest BCUT2D eigenvalue weighted by Gasteiger charge is 1.98. The molecule has 14 heavy (non-hydrogen) atoms. The van der Waals surface area contributed by atoms with E-state index >= 15 is 0 Å². The van der Waals surface area contributed by atoms with Gasteiger partial charge in [-0.3, -0.25) is 0 Å². The molecule has 0 aromatic heterocycles. The first-order valence-corrected chi connectivity index (χ1v) is 4.83. The Morgan fingerprint density at radius 2 is 2.00 bits per heavy atom. The summed E-state index contributed by atoms with van der Waals surface area (Å²) in [6, 6.07) is 8.22. The van der Waals surface area contributed by atoms with Crippen LogP contribution in [0.25, 0.3) is 5.76 Å². The van der Waals surface area contributed by atoms with E-state index in [1.165, 1.54) is 5.56 Å². The predicted octanol–water partition coefficient (Wildman–Crippen LogP) is 2.41. The van der Waals surface area contributed by atoms with Crippen LogP contribution in [0.4, 0.5) is 0 Å². The number of rotatable bonds is 5. The van der Waals surface area contributed by atoms with Crippen LogP contribution >= 0.6 is 0 Å². The summed E-state index contributed by atoms with van der Waals surface area (Å²) in [5.41, 5.74) is 2.31. The van der Waals surface area contributed by atoms with Crippen LogP contribution < -0.4 is 5.32 Å². The minimum Gasteiger partial charge on any atom is -0.494 e. The minimum absolute atomic E-state index is 0.664. The summed E-state index contributed by atoms with van der Waals surface area (Å²) < 4.78 is 5.32. The van der Waals surface area contributed by atoms with E-state index in [4.69, 9.17) is 4.74 Å². The van der Waals surface area contributed by atoms with Crippen molar-refractivity contribution in [3.8, 4) is 0 Å². The Balaban J connectivity index is 2.67. The Morgan fingerprint density at radius 3 is 2.50 bits per heavy atom. The molecule has 0 aliphatic heterocycles. The molecular weight excluding hydrogens is 174 g/mol. The van der Waals surface area contributed by atoms with Gasteiger partial charge in [0.2, 0.25) is 0 Å². The van der Waals surface area contributed by atoms with Crippen molar-refractivity contribution >= 4 is 5.76 Å². The second-order valence-corrected chi connectivity index (χ2v) is 3.08. The lowest BCUT2D eigenvalue weighted by Gasteiger charge is -2.07. The summed E-state index contributed by atoms with van der Waals surface area (Å²) in [7, 11) is 1.94. The van der Waals surface area contributed by atoms with Gasteiger partial charge in [-0.15, -0.1) is 0 Å². The average molecular weight is 191 g/mol. The molecule has 1 aromatic rings. The normalized spacial score (nSPS) is 9.86. The van der Waals surface area contributed by atoms with Crippen molar-refractivity contribution in [1.29, 1.82) is 0 Å². The third kappa shape index (κ3) is 2.89. The van der Waals surface area contributed by atoms with E-state index in [-0.39, 0.29) is 0 Å². The number of benzene rings is 1. The van der Waals surface area contributed by atoms with Crippen molar-refractivity contribution in [3.05, 3.63) is 42.0 Å². The highest BCUT2D eigenvalue weighted by atomic mass is 16.5. The Hall–Kier alpha value is -1.28. The lowest BCUT2D eigenvalue weighted by Crippen LogP contribution is -2.04. The summed E-state index contributed by atoms with van der Waals surface area (Å²) in [6.45, 7) is 7.37. The first kappa shape index (κ1) is 10.8. The van der Waals surface area contributed by atoms with E-state index in [1.807, 2.05) is 26.1 Å². The standard InChI is InChI=1S/C12H17NO/c1-4-14-10(2)12-7-5-11(6-8-12)9-13-3/h5-8,13H,2,4,9H2,1,3H3. The Morgan fingerprint density at radius 1 is 1.36 bits per heavy atom. The van der Waals surface area contributed by atoms with Crippen LogP contribution in [0.2, 0.25) is 0 Å². The second kappa shape index (κ2) is 5.45. The molecule has 0 heterocycles. The molecule has 0 radical (unpaired) electrons. The van der Waals surface area contributed by atoms with Gasteiger partial charge in [-0.25, -0.2) is 0 Å². The Bertz CT molecular complexity index is 290. The van der Waals surface area contributed by atoms with Crippen LogP contribution in [0.15, 0.2) is 30.8 Å². The zero-order valence-electron chi connectivity index (χ0n) is 8.84. The highest BCUT2D eigenvalue weighted by Crippen LogP contribution is 2.14. The zero-order valence-corrected chi connectivity index (χ0v) is 8.84. The average Bonchev–Trinajstić information content (AvgIpc) is 2.20. The van der Waals surface area contributed by atoms with Gasteiger partial charge in [0.1, 0.15) is 5.76 Å². The van der Waals surface area contributed by atoms with E-state index < -0.39 is 0 Å². The molecule has 0 saturated carbocycles. The van der Waals surface area contributed by atoms with E-state index in [1.54, 1.807) is 0 Å². The molecule has 1 N–H and O–H groups in total. The van der Waals surface area contributed by atoms with Crippen LogP contribution in [-0.2, 0) is 11.3 Å². The van der Waals surface area contributed by atoms with Crippen molar-refractivity contribution in [2.24, 2.45) is 0 Å². The Labute approximate surface area is 85.6 Å². The summed E-state index contributed by atoms with van der Waals surface area (Å²) >= 11 is 0. The van der Waals surface area contributed by atoms with Gasteiger partial charge in [-0.1, -0.05) is 30.8 Å². The lowest BCUT2D eigenvalue weighted by atomic mass is 10.1. The van der Waals surface area contributed by atoms with Crippen molar-refractivity contribution in [3.63, 3.8) is 0 Å². The molecule has 0 fully saturated rings. The first-order valence-electron chi connectivity index (χ1n) is 4.83. The summed E-state index contributed by atoms with van der Waals surface area (Å²) in [4.78, 5) is 0. The van der Waals surface area contributed by atoms with Gasteiger partial charge in [0.25, 0.3) is 0 Å². The molecule has 0 amide bonds. The fourth-order valence-corrected chi connectivity index (χ4v) is 1.27. The quantitative estimate of drug-likeness (QED) is 0.722. The molecule has 2 nitrogen and oxygen atoms in total. The largest absolute Gasteiger partial charge is 0.494 e. The number of ether oxygens (including phenoxy) is 1. The van der Waals surface area contributed by atoms with Gasteiger partial charge < -0.3 is 10.1 Å². The third-order valence-corrected chi connectivity index (χ3v) is 1.98. The fourth-order valence-electron chi connectivity index (χ4n) is 1.27. The second-order valence-electron chi connectivity index (χ2n) is 3.08. The third-order valence-electron chi connectivity index (χ3n) is 1.98. The number of hydrogen-bond donors (Lipinski definition) is 1. The summed E-state index contributed by atoms with van der Waals surface area (Å²) in [5.74, 6) is 0.739. The molecule has 0 aliphatic carbocycles. The molecule has 0 unspecified atom stereocenters. The van der Waals surface area contributed by atoms with Crippen molar-refractivity contribution < 1.29 is 4.74 Å². The minimum atomic E-state index is 0.664. The van der Waals surface area contributed by atoms with Crippen molar-refractivity contribution in [1.82, 2.24) is 5.32 Å². The highest BCUT2D eigenvalue weighted by molar-refractivity contribution is 5.57. The predicted molar refractivity (Wildman–Crippen MR) is 59.9 cm³/mol. The van der Waals surface area contributed by atoms with E-state index in [0.717, 1.165) is 17.9 Å². The van der Waals surface area contributed by atoms with Gasteiger partial charge >= 0.3 is 0 Å². The SMILES string of the molecule is C=C(OCC)c1ccc(CNC)cc1. The molecule has 0 spiro atoms. The van der Waals surface area contributed by atoms with Crippen molar-refractivity contribution in [2.45, 2.75) is 13.5 Å². The number of hydrogen-bond acceptors (Lipinski definition) is 2. The van der Waals surface area contributed by atoms with E-state index in [2.05, 4.69) is 24.0 Å². The monoisotopic (exact) mass is 191 g/mol. The lowest BCUT2D eigenvalue weighted by molar-refractivity contribution is 0.299. The van der Waals surface area contributed by atoms with Gasteiger partial charge in [0, 0.05) is 12.1 Å². The van der Waals surface area contributed by atoms with E-state index in [0.29, 0.717) is 6.61 Å². The van der Waals surface area contributed by atoms with Crippen molar-refractivity contribution in [2.75, 3.05) is 13.7 Å². The zero-order chi connectivity index (χ0) is 10.4. The summed E-state index contributed by atoms with van der Waals surface area (Å²) in [5, 5.41) is 3.10. The van der Waals surface area contributed by atoms with E-state index in [9.17, 15) is 0 Å². The van der Waals surface area contributed by atoms with Gasteiger partial charge in [0.05, 0.1) is 6.61 Å². The molecule has 1 aromatic carbocycles. The Kier molecular flexibility index (Phi) is 4.20. The smallest absolute Gasteiger partial charge is 0.119 e. The molecule has 0 aliphatic rings. The fraction of sp³-hybridized carbons (Fsp3) is 0.333. The molecular formula is C12H17NO. The van der Waals surface area contributed by atoms with Crippen LogP contribution in [0.1, 0.15) is 18.1 Å². The molecule has 2 heteroatoms. The molecule has 1 rings (SSSR count). The van der Waals surface area contributed by atoms with Gasteiger partial charge in [-0.2, -0.15) is 0 Å². The molecule has 0 bridgehead atoms. The summed E-state index contributed by atoms with van der Waals surface area (Å²) in [6.07, 6.45) is 0. The molecule has 0 saturated heterocycles. The van der Waals surface area contributed by atoms with Crippen LogP contribution in [0, 0.1) is 0 Å². The number of nitrogens with one attached hydrogen (secondary N) is 1. The maximum Gasteiger partial charge on any atom is 0.119 e. The first-order chi connectivity index (χ1) is 6.77. The van der Waals surface area contributed by atoms with Crippen LogP contribution in [-0.4, -0.2) is 13.7 Å². The van der Waals surface area contributed by atoms with Gasteiger partial charge in [0.15, 0.2) is 0 Å². The molecule has 0 atom stereocenters. The van der Waals surface area contributed by atoms with Crippen LogP contribution in [0.5, 0.6) is 0 Å². The maximum atomic E-state index is 5.32. The van der Waals surface area contributed by atoms with Crippen LogP contribution in [0.3, 0.4) is 0 Å². The topological polar surface area (TPSA) is 21.3 Å². The van der Waals surface area contributed by atoms with Gasteiger partial charge in [-0.05, 0) is 19.5 Å².